The van der Waals surface area contributed by atoms with Gasteiger partial charge in [-0.05, 0) is 37.1 Å². The van der Waals surface area contributed by atoms with Gasteiger partial charge >= 0.3 is 5.97 Å². The Morgan fingerprint density at radius 1 is 1.13 bits per heavy atom. The van der Waals surface area contributed by atoms with Crippen molar-refractivity contribution < 1.29 is 9.53 Å². The van der Waals surface area contributed by atoms with Crippen LogP contribution in [-0.4, -0.2) is 25.3 Å². The molecule has 3 aromatic heterocycles. The lowest BCUT2D eigenvalue weighted by atomic mass is 10.2. The topological polar surface area (TPSA) is 106 Å². The van der Waals surface area contributed by atoms with Crippen LogP contribution in [0.15, 0.2) is 58.3 Å². The maximum atomic E-state index is 12.2. The Bertz CT molecular complexity index is 1360. The molecule has 4 aromatic rings. The van der Waals surface area contributed by atoms with E-state index < -0.39 is 5.97 Å². The highest BCUT2D eigenvalue weighted by Crippen LogP contribution is 2.08. The minimum Gasteiger partial charge on any atom is -0.459 e. The van der Waals surface area contributed by atoms with Crippen molar-refractivity contribution in [2.75, 3.05) is 0 Å². The Labute approximate surface area is 171 Å². The number of pyridine rings is 1. The number of carbonyl (C=O) groups excluding carboxylic acids is 1. The molecule has 0 spiro atoms. The second-order valence-corrected chi connectivity index (χ2v) is 7.06. The highest BCUT2D eigenvalue weighted by molar-refractivity contribution is 5.77. The van der Waals surface area contributed by atoms with Gasteiger partial charge in [0.1, 0.15) is 18.1 Å². The van der Waals surface area contributed by atoms with Crippen LogP contribution < -0.4 is 11.1 Å². The van der Waals surface area contributed by atoms with Gasteiger partial charge in [0.2, 0.25) is 0 Å². The summed E-state index contributed by atoms with van der Waals surface area (Å²) in [4.78, 5) is 47.8. The Balaban J connectivity index is 1.33. The van der Waals surface area contributed by atoms with Crippen LogP contribution in [0.1, 0.15) is 29.9 Å². The molecule has 4 rings (SSSR count). The van der Waals surface area contributed by atoms with E-state index in [0.717, 1.165) is 5.56 Å². The number of esters is 1. The zero-order valence-electron chi connectivity index (χ0n) is 16.4. The van der Waals surface area contributed by atoms with E-state index in [-0.39, 0.29) is 24.1 Å². The summed E-state index contributed by atoms with van der Waals surface area (Å²) in [6, 6.07) is 12.1. The molecule has 0 aliphatic heterocycles. The minimum atomic E-state index is -0.399. The third-order valence-corrected chi connectivity index (χ3v) is 4.70. The van der Waals surface area contributed by atoms with E-state index in [4.69, 9.17) is 4.74 Å². The van der Waals surface area contributed by atoms with Gasteiger partial charge in [0.25, 0.3) is 11.1 Å². The third kappa shape index (κ3) is 4.27. The smallest absolute Gasteiger partial charge is 0.306 e. The quantitative estimate of drug-likeness (QED) is 0.494. The number of aromatic nitrogens is 4. The number of aromatic amines is 1. The van der Waals surface area contributed by atoms with E-state index in [9.17, 15) is 14.4 Å². The Hall–Kier alpha value is -3.81. The van der Waals surface area contributed by atoms with E-state index in [1.807, 2.05) is 19.1 Å². The average molecular weight is 404 g/mol. The number of H-pyrrole nitrogens is 1. The van der Waals surface area contributed by atoms with Crippen LogP contribution in [0.25, 0.3) is 16.6 Å². The number of hydrogen-bond donors (Lipinski definition) is 1. The van der Waals surface area contributed by atoms with Crippen molar-refractivity contribution >= 4 is 22.5 Å². The maximum Gasteiger partial charge on any atom is 0.306 e. The number of nitrogens with zero attached hydrogens (tertiary/aromatic N) is 3. The molecule has 0 radical (unpaired) electrons. The molecule has 30 heavy (non-hydrogen) atoms. The number of aryl methyl sites for hydroxylation is 2. The van der Waals surface area contributed by atoms with Gasteiger partial charge in [0.05, 0.1) is 16.6 Å². The molecule has 0 aliphatic carbocycles. The third-order valence-electron chi connectivity index (χ3n) is 4.70. The van der Waals surface area contributed by atoms with Gasteiger partial charge < -0.3 is 9.72 Å². The van der Waals surface area contributed by atoms with Crippen LogP contribution in [-0.2, 0) is 22.6 Å². The number of fused-ring (bicyclic) bond motifs is 2. The fourth-order valence-corrected chi connectivity index (χ4v) is 3.21. The molecule has 1 N–H and O–H groups in total. The van der Waals surface area contributed by atoms with E-state index in [1.54, 1.807) is 30.5 Å². The van der Waals surface area contributed by atoms with Crippen molar-refractivity contribution in [3.63, 3.8) is 0 Å². The standard InChI is InChI=1S/C22H20N4O4/c1-14-9-10-19-23-15(11-20(27)26(19)12-14)13-30-21(28)8-4-7-18-24-17-6-3-2-5-16(17)22(29)25-18/h2-3,5-6,9-12H,4,7-8,13H2,1H3,(H,24,25,29). The van der Waals surface area contributed by atoms with E-state index in [1.165, 1.54) is 10.5 Å². The predicted octanol–water partition coefficient (Wildman–Crippen LogP) is 2.31. The molecular formula is C22H20N4O4. The summed E-state index contributed by atoms with van der Waals surface area (Å²) >= 11 is 0. The van der Waals surface area contributed by atoms with Crippen LogP contribution in [0.3, 0.4) is 0 Å². The molecule has 0 saturated carbocycles. The number of carbonyl (C=O) groups is 1. The van der Waals surface area contributed by atoms with Crippen molar-refractivity contribution in [3.05, 3.63) is 86.5 Å². The first-order valence-corrected chi connectivity index (χ1v) is 9.62. The number of para-hydroxylation sites is 1. The molecule has 8 heteroatoms. The van der Waals surface area contributed by atoms with Crippen molar-refractivity contribution in [3.8, 4) is 0 Å². The second kappa shape index (κ2) is 8.28. The zero-order valence-corrected chi connectivity index (χ0v) is 16.4. The highest BCUT2D eigenvalue weighted by Gasteiger charge is 2.09. The SMILES string of the molecule is Cc1ccc2nc(COC(=O)CCCc3nc4ccccc4c(=O)[nH]3)cc(=O)n2c1. The molecule has 0 fully saturated rings. The van der Waals surface area contributed by atoms with E-state index in [0.29, 0.717) is 40.9 Å². The Morgan fingerprint density at radius 2 is 1.97 bits per heavy atom. The normalized spacial score (nSPS) is 11.1. The monoisotopic (exact) mass is 404 g/mol. The first kappa shape index (κ1) is 19.5. The van der Waals surface area contributed by atoms with Crippen LogP contribution in [0.2, 0.25) is 0 Å². The van der Waals surface area contributed by atoms with Crippen molar-refractivity contribution in [2.45, 2.75) is 32.8 Å². The van der Waals surface area contributed by atoms with Gasteiger partial charge in [0, 0.05) is 25.1 Å². The molecular weight excluding hydrogens is 384 g/mol. The summed E-state index contributed by atoms with van der Waals surface area (Å²) < 4.78 is 6.70. The first-order chi connectivity index (χ1) is 14.5. The van der Waals surface area contributed by atoms with Gasteiger partial charge in [-0.25, -0.2) is 9.97 Å². The van der Waals surface area contributed by atoms with Gasteiger partial charge in [-0.1, -0.05) is 18.2 Å². The molecule has 152 valence electrons. The largest absolute Gasteiger partial charge is 0.459 e. The van der Waals surface area contributed by atoms with Gasteiger partial charge in [0.15, 0.2) is 0 Å². The molecule has 0 unspecified atom stereocenters. The fraction of sp³-hybridized carbons (Fsp3) is 0.227. The molecule has 8 nitrogen and oxygen atoms in total. The summed E-state index contributed by atoms with van der Waals surface area (Å²) in [7, 11) is 0. The summed E-state index contributed by atoms with van der Waals surface area (Å²) in [6.45, 7) is 1.83. The zero-order chi connectivity index (χ0) is 21.1. The first-order valence-electron chi connectivity index (χ1n) is 9.62. The van der Waals surface area contributed by atoms with Crippen molar-refractivity contribution in [1.29, 1.82) is 0 Å². The molecule has 1 aromatic carbocycles. The number of nitrogens with one attached hydrogen (secondary N) is 1. The average Bonchev–Trinajstić information content (AvgIpc) is 2.73. The van der Waals surface area contributed by atoms with Gasteiger partial charge in [-0.3, -0.25) is 18.8 Å². The van der Waals surface area contributed by atoms with Crippen molar-refractivity contribution in [1.82, 2.24) is 19.4 Å². The molecule has 0 aliphatic rings. The van der Waals surface area contributed by atoms with E-state index in [2.05, 4.69) is 15.0 Å². The maximum absolute atomic E-state index is 12.2. The number of rotatable bonds is 6. The molecule has 0 atom stereocenters. The summed E-state index contributed by atoms with van der Waals surface area (Å²) in [6.07, 6.45) is 2.81. The lowest BCUT2D eigenvalue weighted by molar-refractivity contribution is -0.145. The number of hydrogen-bond acceptors (Lipinski definition) is 6. The Kier molecular flexibility index (Phi) is 5.38. The van der Waals surface area contributed by atoms with Gasteiger partial charge in [-0.15, -0.1) is 0 Å². The second-order valence-electron chi connectivity index (χ2n) is 7.06. The molecule has 0 amide bonds. The lowest BCUT2D eigenvalue weighted by Crippen LogP contribution is -2.17. The van der Waals surface area contributed by atoms with Crippen LogP contribution in [0.4, 0.5) is 0 Å². The molecule has 0 bridgehead atoms. The van der Waals surface area contributed by atoms with Crippen molar-refractivity contribution in [2.24, 2.45) is 0 Å². The fourth-order valence-electron chi connectivity index (χ4n) is 3.21. The number of ether oxygens (including phenoxy) is 1. The summed E-state index contributed by atoms with van der Waals surface area (Å²) in [5, 5.41) is 0.537. The molecule has 3 heterocycles. The van der Waals surface area contributed by atoms with Crippen LogP contribution >= 0.6 is 0 Å². The van der Waals surface area contributed by atoms with Crippen LogP contribution in [0.5, 0.6) is 0 Å². The highest BCUT2D eigenvalue weighted by atomic mass is 16.5. The predicted molar refractivity (Wildman–Crippen MR) is 111 cm³/mol. The number of benzene rings is 1. The lowest BCUT2D eigenvalue weighted by Gasteiger charge is -2.07. The van der Waals surface area contributed by atoms with Gasteiger partial charge in [-0.2, -0.15) is 0 Å². The van der Waals surface area contributed by atoms with E-state index >= 15 is 0 Å². The Morgan fingerprint density at radius 3 is 2.83 bits per heavy atom. The summed E-state index contributed by atoms with van der Waals surface area (Å²) in [5.74, 6) is 0.134. The summed E-state index contributed by atoms with van der Waals surface area (Å²) in [5.41, 5.74) is 2.07. The molecule has 0 saturated heterocycles. The minimum absolute atomic E-state index is 0.0660. The van der Waals surface area contributed by atoms with Crippen LogP contribution in [0, 0.1) is 6.92 Å².